The minimum absolute atomic E-state index is 0.279. The molecule has 1 amide bonds. The van der Waals surface area contributed by atoms with E-state index in [0.29, 0.717) is 29.4 Å². The van der Waals surface area contributed by atoms with Gasteiger partial charge in [-0.05, 0) is 13.8 Å². The average molecular weight is 248 g/mol. The molecular formula is C11H16N6O. The van der Waals surface area contributed by atoms with E-state index in [1.54, 1.807) is 35.6 Å². The van der Waals surface area contributed by atoms with E-state index in [0.717, 1.165) is 0 Å². The Kier molecular flexibility index (Phi) is 3.05. The van der Waals surface area contributed by atoms with Gasteiger partial charge in [0, 0.05) is 19.7 Å². The second-order valence-corrected chi connectivity index (χ2v) is 3.96. The van der Waals surface area contributed by atoms with Crippen molar-refractivity contribution in [2.45, 2.75) is 20.4 Å². The number of nitrogens with zero attached hydrogens (tertiary/aromatic N) is 4. The molecule has 7 heteroatoms. The monoisotopic (exact) mass is 248 g/mol. The van der Waals surface area contributed by atoms with E-state index < -0.39 is 0 Å². The Hall–Kier alpha value is -2.31. The Balaban J connectivity index is 2.32. The molecule has 0 saturated carbocycles. The lowest BCUT2D eigenvalue weighted by Gasteiger charge is -2.07. The smallest absolute Gasteiger partial charge is 0.277 e. The van der Waals surface area contributed by atoms with Crippen molar-refractivity contribution in [2.24, 2.45) is 7.05 Å². The second kappa shape index (κ2) is 4.52. The Morgan fingerprint density at radius 2 is 2.28 bits per heavy atom. The van der Waals surface area contributed by atoms with Crippen LogP contribution >= 0.6 is 0 Å². The highest BCUT2D eigenvalue weighted by molar-refractivity contribution is 6.06. The van der Waals surface area contributed by atoms with Crippen LogP contribution in [-0.2, 0) is 13.6 Å². The molecular weight excluding hydrogens is 232 g/mol. The summed E-state index contributed by atoms with van der Waals surface area (Å²) in [6.45, 7) is 4.28. The summed E-state index contributed by atoms with van der Waals surface area (Å²) in [6.07, 6.45) is 1.61. The van der Waals surface area contributed by atoms with Crippen molar-refractivity contribution in [1.29, 1.82) is 0 Å². The summed E-state index contributed by atoms with van der Waals surface area (Å²) in [5.74, 6) is 0.333. The normalized spacial score (nSPS) is 10.6. The summed E-state index contributed by atoms with van der Waals surface area (Å²) in [6, 6.07) is 1.72. The summed E-state index contributed by atoms with van der Waals surface area (Å²) >= 11 is 0. The molecule has 0 aliphatic rings. The molecule has 0 aliphatic heterocycles. The summed E-state index contributed by atoms with van der Waals surface area (Å²) in [5, 5.41) is 10.9. The third-order valence-electron chi connectivity index (χ3n) is 2.75. The highest BCUT2D eigenvalue weighted by Gasteiger charge is 2.19. The number of nitrogens with one attached hydrogen (secondary N) is 1. The van der Waals surface area contributed by atoms with Gasteiger partial charge in [0.1, 0.15) is 11.5 Å². The van der Waals surface area contributed by atoms with Gasteiger partial charge in [-0.2, -0.15) is 10.2 Å². The topological polar surface area (TPSA) is 90.8 Å². The summed E-state index contributed by atoms with van der Waals surface area (Å²) in [4.78, 5) is 12.2. The van der Waals surface area contributed by atoms with Crippen LogP contribution in [0.3, 0.4) is 0 Å². The lowest BCUT2D eigenvalue weighted by atomic mass is 10.3. The van der Waals surface area contributed by atoms with Crippen molar-refractivity contribution in [1.82, 2.24) is 19.6 Å². The first kappa shape index (κ1) is 12.2. The first-order valence-electron chi connectivity index (χ1n) is 5.66. The van der Waals surface area contributed by atoms with E-state index in [1.807, 2.05) is 6.92 Å². The van der Waals surface area contributed by atoms with Gasteiger partial charge < -0.3 is 11.1 Å². The van der Waals surface area contributed by atoms with Gasteiger partial charge in [0.2, 0.25) is 0 Å². The zero-order chi connectivity index (χ0) is 13.3. The number of aromatic nitrogens is 4. The highest BCUT2D eigenvalue weighted by atomic mass is 16.2. The standard InChI is InChI=1S/C11H16N6O/c1-4-17-10(9(12)7(2)15-17)11(18)14-8-5-6-13-16(8)3/h5-6H,4,12H2,1-3H3,(H,14,18). The van der Waals surface area contributed by atoms with Crippen LogP contribution < -0.4 is 11.1 Å². The number of amides is 1. The molecule has 96 valence electrons. The molecule has 0 fully saturated rings. The van der Waals surface area contributed by atoms with Crippen molar-refractivity contribution >= 4 is 17.4 Å². The van der Waals surface area contributed by atoms with Crippen LogP contribution in [0.2, 0.25) is 0 Å². The minimum Gasteiger partial charge on any atom is -0.395 e. The number of rotatable bonds is 3. The van der Waals surface area contributed by atoms with Crippen LogP contribution in [0.25, 0.3) is 0 Å². The minimum atomic E-state index is -0.279. The third kappa shape index (κ3) is 1.94. The Bertz CT molecular complexity index is 582. The molecule has 0 aromatic carbocycles. The molecule has 2 rings (SSSR count). The van der Waals surface area contributed by atoms with Gasteiger partial charge in [-0.25, -0.2) is 0 Å². The van der Waals surface area contributed by atoms with Crippen LogP contribution in [0.15, 0.2) is 12.3 Å². The molecule has 0 radical (unpaired) electrons. The second-order valence-electron chi connectivity index (χ2n) is 3.96. The summed E-state index contributed by atoms with van der Waals surface area (Å²) in [5.41, 5.74) is 7.34. The lowest BCUT2D eigenvalue weighted by molar-refractivity contribution is 0.101. The van der Waals surface area contributed by atoms with E-state index in [4.69, 9.17) is 5.73 Å². The van der Waals surface area contributed by atoms with Crippen LogP contribution in [0.5, 0.6) is 0 Å². The van der Waals surface area contributed by atoms with Gasteiger partial charge in [-0.1, -0.05) is 0 Å². The molecule has 0 unspecified atom stereocenters. The third-order valence-corrected chi connectivity index (χ3v) is 2.75. The number of carbonyl (C=O) groups excluding carboxylic acids is 1. The predicted molar refractivity (Wildman–Crippen MR) is 68.2 cm³/mol. The van der Waals surface area contributed by atoms with Crippen molar-refractivity contribution < 1.29 is 4.79 Å². The van der Waals surface area contributed by atoms with E-state index in [2.05, 4.69) is 15.5 Å². The molecule has 0 bridgehead atoms. The molecule has 3 N–H and O–H groups in total. The summed E-state index contributed by atoms with van der Waals surface area (Å²) in [7, 11) is 1.75. The number of anilines is 2. The quantitative estimate of drug-likeness (QED) is 0.839. The van der Waals surface area contributed by atoms with Crippen molar-refractivity contribution in [2.75, 3.05) is 11.1 Å². The molecule has 2 aromatic heterocycles. The molecule has 0 spiro atoms. The molecule has 0 atom stereocenters. The molecule has 2 aromatic rings. The van der Waals surface area contributed by atoms with Crippen molar-refractivity contribution in [3.8, 4) is 0 Å². The SMILES string of the molecule is CCn1nc(C)c(N)c1C(=O)Nc1ccnn1C. The maximum Gasteiger partial charge on any atom is 0.277 e. The zero-order valence-corrected chi connectivity index (χ0v) is 10.6. The maximum absolute atomic E-state index is 12.2. The first-order valence-corrected chi connectivity index (χ1v) is 5.66. The number of hydrogen-bond donors (Lipinski definition) is 2. The van der Waals surface area contributed by atoms with E-state index in [-0.39, 0.29) is 5.91 Å². The number of nitrogen functional groups attached to an aromatic ring is 1. The van der Waals surface area contributed by atoms with Gasteiger partial charge in [0.25, 0.3) is 5.91 Å². The Labute approximate surface area is 105 Å². The van der Waals surface area contributed by atoms with Crippen molar-refractivity contribution in [3.63, 3.8) is 0 Å². The number of carbonyl (C=O) groups is 1. The predicted octanol–water partition coefficient (Wildman–Crippen LogP) is 0.779. The first-order chi connectivity index (χ1) is 8.54. The van der Waals surface area contributed by atoms with E-state index >= 15 is 0 Å². The number of aryl methyl sites for hydroxylation is 3. The largest absolute Gasteiger partial charge is 0.395 e. The van der Waals surface area contributed by atoms with Crippen LogP contribution in [0.4, 0.5) is 11.5 Å². The molecule has 0 aliphatic carbocycles. The van der Waals surface area contributed by atoms with Crippen LogP contribution in [-0.4, -0.2) is 25.5 Å². The number of hydrogen-bond acceptors (Lipinski definition) is 4. The Morgan fingerprint density at radius 1 is 1.56 bits per heavy atom. The van der Waals surface area contributed by atoms with Gasteiger partial charge >= 0.3 is 0 Å². The molecule has 18 heavy (non-hydrogen) atoms. The lowest BCUT2D eigenvalue weighted by Crippen LogP contribution is -2.20. The fourth-order valence-electron chi connectivity index (χ4n) is 1.74. The van der Waals surface area contributed by atoms with Gasteiger partial charge in [-0.15, -0.1) is 0 Å². The van der Waals surface area contributed by atoms with Crippen LogP contribution in [0, 0.1) is 6.92 Å². The average Bonchev–Trinajstić information content (AvgIpc) is 2.85. The fraction of sp³-hybridized carbons (Fsp3) is 0.364. The van der Waals surface area contributed by atoms with E-state index in [1.165, 1.54) is 0 Å². The Morgan fingerprint density at radius 3 is 2.83 bits per heavy atom. The highest BCUT2D eigenvalue weighted by Crippen LogP contribution is 2.18. The van der Waals surface area contributed by atoms with Crippen LogP contribution in [0.1, 0.15) is 23.1 Å². The fourth-order valence-corrected chi connectivity index (χ4v) is 1.74. The molecule has 0 saturated heterocycles. The summed E-state index contributed by atoms with van der Waals surface area (Å²) < 4.78 is 3.17. The van der Waals surface area contributed by atoms with Gasteiger partial charge in [0.15, 0.2) is 0 Å². The zero-order valence-electron chi connectivity index (χ0n) is 10.6. The number of nitrogens with two attached hydrogens (primary N) is 1. The van der Waals surface area contributed by atoms with E-state index in [9.17, 15) is 4.79 Å². The van der Waals surface area contributed by atoms with Gasteiger partial charge in [-0.3, -0.25) is 14.2 Å². The van der Waals surface area contributed by atoms with Gasteiger partial charge in [0.05, 0.1) is 17.6 Å². The molecule has 7 nitrogen and oxygen atoms in total. The molecule has 2 heterocycles. The maximum atomic E-state index is 12.2. The van der Waals surface area contributed by atoms with Crippen molar-refractivity contribution in [3.05, 3.63) is 23.7 Å².